The number of nitrogens with zero attached hydrogens (tertiary/aromatic N) is 5. The van der Waals surface area contributed by atoms with Gasteiger partial charge in [-0.15, -0.1) is 0 Å². The van der Waals surface area contributed by atoms with E-state index < -0.39 is 0 Å². The van der Waals surface area contributed by atoms with Crippen LogP contribution >= 0.6 is 0 Å². The fraction of sp³-hybridized carbons (Fsp3) is 0.389. The molecule has 1 amide bonds. The number of hydrogen-bond donors (Lipinski definition) is 0. The standard InChI is InChI=1S/C18H23N5O2/c1-21(15-6-4-3-5-7-15)17(24)14-22-10-12-23(13-11-22)18-19-9-8-16(20-18)25-2/h3-9H,10-14H2,1-2H3. The number of aromatic nitrogens is 2. The second-order valence-electron chi connectivity index (χ2n) is 5.95. The molecule has 2 aromatic rings. The summed E-state index contributed by atoms with van der Waals surface area (Å²) >= 11 is 0. The number of ether oxygens (including phenoxy) is 1. The van der Waals surface area contributed by atoms with Gasteiger partial charge in [-0.2, -0.15) is 4.98 Å². The largest absolute Gasteiger partial charge is 0.481 e. The monoisotopic (exact) mass is 341 g/mol. The van der Waals surface area contributed by atoms with E-state index in [2.05, 4.69) is 19.8 Å². The predicted octanol–water partition coefficient (Wildman–Crippen LogP) is 1.27. The zero-order chi connectivity index (χ0) is 17.6. The molecule has 1 saturated heterocycles. The number of amides is 1. The van der Waals surface area contributed by atoms with E-state index in [-0.39, 0.29) is 5.91 Å². The first kappa shape index (κ1) is 17.2. The molecule has 1 aromatic carbocycles. The van der Waals surface area contributed by atoms with Crippen molar-refractivity contribution < 1.29 is 9.53 Å². The Morgan fingerprint density at radius 1 is 1.16 bits per heavy atom. The third kappa shape index (κ3) is 4.24. The van der Waals surface area contributed by atoms with Crippen molar-refractivity contribution >= 4 is 17.5 Å². The highest BCUT2D eigenvalue weighted by Crippen LogP contribution is 2.15. The van der Waals surface area contributed by atoms with Gasteiger partial charge in [0.2, 0.25) is 17.7 Å². The number of benzene rings is 1. The number of rotatable bonds is 5. The van der Waals surface area contributed by atoms with Crippen molar-refractivity contribution in [1.29, 1.82) is 0 Å². The summed E-state index contributed by atoms with van der Waals surface area (Å²) in [4.78, 5) is 27.1. The fourth-order valence-corrected chi connectivity index (χ4v) is 2.80. The summed E-state index contributed by atoms with van der Waals surface area (Å²) < 4.78 is 5.15. The van der Waals surface area contributed by atoms with E-state index in [1.54, 1.807) is 24.3 Å². The number of methoxy groups -OCH3 is 1. The molecule has 0 unspecified atom stereocenters. The summed E-state index contributed by atoms with van der Waals surface area (Å²) in [6.45, 7) is 3.59. The summed E-state index contributed by atoms with van der Waals surface area (Å²) in [5.41, 5.74) is 0.913. The van der Waals surface area contributed by atoms with Gasteiger partial charge in [-0.1, -0.05) is 18.2 Å². The van der Waals surface area contributed by atoms with Gasteiger partial charge in [0, 0.05) is 51.2 Å². The Morgan fingerprint density at radius 3 is 2.56 bits per heavy atom. The number of para-hydroxylation sites is 1. The summed E-state index contributed by atoms with van der Waals surface area (Å²) in [5, 5.41) is 0. The second-order valence-corrected chi connectivity index (χ2v) is 5.95. The summed E-state index contributed by atoms with van der Waals surface area (Å²) in [7, 11) is 3.41. The predicted molar refractivity (Wildman–Crippen MR) is 97.1 cm³/mol. The molecule has 1 aliphatic rings. The van der Waals surface area contributed by atoms with Crippen molar-refractivity contribution in [2.24, 2.45) is 0 Å². The Bertz CT molecular complexity index is 702. The maximum atomic E-state index is 12.5. The van der Waals surface area contributed by atoms with Crippen molar-refractivity contribution in [3.05, 3.63) is 42.6 Å². The van der Waals surface area contributed by atoms with E-state index in [0.29, 0.717) is 18.4 Å². The SMILES string of the molecule is COc1ccnc(N2CCN(CC(=O)N(C)c3ccccc3)CC2)n1. The molecular formula is C18H23N5O2. The van der Waals surface area contributed by atoms with Crippen LogP contribution in [0.1, 0.15) is 0 Å². The van der Waals surface area contributed by atoms with Gasteiger partial charge in [0.15, 0.2) is 0 Å². The summed E-state index contributed by atoms with van der Waals surface area (Å²) in [6.07, 6.45) is 1.70. The molecule has 1 fully saturated rings. The minimum Gasteiger partial charge on any atom is -0.481 e. The highest BCUT2D eigenvalue weighted by atomic mass is 16.5. The summed E-state index contributed by atoms with van der Waals surface area (Å²) in [5.74, 6) is 1.33. The van der Waals surface area contributed by atoms with E-state index >= 15 is 0 Å². The molecule has 0 saturated carbocycles. The van der Waals surface area contributed by atoms with E-state index in [1.165, 1.54) is 0 Å². The molecular weight excluding hydrogens is 318 g/mol. The number of likely N-dealkylation sites (N-methyl/N-ethyl adjacent to an activating group) is 1. The topological polar surface area (TPSA) is 61.8 Å². The van der Waals surface area contributed by atoms with Crippen LogP contribution in [0.4, 0.5) is 11.6 Å². The Hall–Kier alpha value is -2.67. The van der Waals surface area contributed by atoms with Gasteiger partial charge in [-0.25, -0.2) is 4.98 Å². The maximum absolute atomic E-state index is 12.5. The molecule has 25 heavy (non-hydrogen) atoms. The summed E-state index contributed by atoms with van der Waals surface area (Å²) in [6, 6.07) is 11.4. The Kier molecular flexibility index (Phi) is 5.45. The van der Waals surface area contributed by atoms with Crippen molar-refractivity contribution in [1.82, 2.24) is 14.9 Å². The highest BCUT2D eigenvalue weighted by Gasteiger charge is 2.22. The second kappa shape index (κ2) is 7.94. The smallest absolute Gasteiger partial charge is 0.240 e. The van der Waals surface area contributed by atoms with Crippen molar-refractivity contribution in [2.45, 2.75) is 0 Å². The van der Waals surface area contributed by atoms with Gasteiger partial charge in [0.25, 0.3) is 0 Å². The molecule has 7 nitrogen and oxygen atoms in total. The van der Waals surface area contributed by atoms with Gasteiger partial charge < -0.3 is 14.5 Å². The molecule has 1 aliphatic heterocycles. The molecule has 0 bridgehead atoms. The van der Waals surface area contributed by atoms with Crippen LogP contribution in [0.2, 0.25) is 0 Å². The maximum Gasteiger partial charge on any atom is 0.240 e. The highest BCUT2D eigenvalue weighted by molar-refractivity contribution is 5.94. The van der Waals surface area contributed by atoms with Crippen LogP contribution in [-0.2, 0) is 4.79 Å². The Labute approximate surface area is 147 Å². The lowest BCUT2D eigenvalue weighted by Crippen LogP contribution is -2.50. The molecule has 3 rings (SSSR count). The molecule has 0 N–H and O–H groups in total. The lowest BCUT2D eigenvalue weighted by molar-refractivity contribution is -0.119. The average Bonchev–Trinajstić information content (AvgIpc) is 2.68. The first-order valence-electron chi connectivity index (χ1n) is 8.33. The first-order chi connectivity index (χ1) is 12.2. The molecule has 0 atom stereocenters. The van der Waals surface area contributed by atoms with Crippen molar-refractivity contribution in [2.75, 3.05) is 56.7 Å². The molecule has 7 heteroatoms. The third-order valence-corrected chi connectivity index (χ3v) is 4.36. The molecule has 0 radical (unpaired) electrons. The van der Waals surface area contributed by atoms with Crippen LogP contribution in [0.15, 0.2) is 42.6 Å². The third-order valence-electron chi connectivity index (χ3n) is 4.36. The molecule has 1 aromatic heterocycles. The van der Waals surface area contributed by atoms with Gasteiger partial charge in [0.05, 0.1) is 13.7 Å². The number of carbonyl (C=O) groups excluding carboxylic acids is 1. The molecule has 0 spiro atoms. The van der Waals surface area contributed by atoms with E-state index in [9.17, 15) is 4.79 Å². The van der Waals surface area contributed by atoms with E-state index in [4.69, 9.17) is 4.74 Å². The molecule has 0 aliphatic carbocycles. The molecule has 132 valence electrons. The normalized spacial score (nSPS) is 15.0. The van der Waals surface area contributed by atoms with Crippen LogP contribution in [0.25, 0.3) is 0 Å². The van der Waals surface area contributed by atoms with E-state index in [0.717, 1.165) is 31.9 Å². The van der Waals surface area contributed by atoms with Crippen molar-refractivity contribution in [3.8, 4) is 5.88 Å². The first-order valence-corrected chi connectivity index (χ1v) is 8.33. The number of piperazine rings is 1. The van der Waals surface area contributed by atoms with Gasteiger partial charge in [0.1, 0.15) is 0 Å². The minimum absolute atomic E-state index is 0.0947. The van der Waals surface area contributed by atoms with Crippen LogP contribution in [-0.4, -0.2) is 67.7 Å². The number of hydrogen-bond acceptors (Lipinski definition) is 6. The quantitative estimate of drug-likeness (QED) is 0.816. The zero-order valence-corrected chi connectivity index (χ0v) is 14.6. The Morgan fingerprint density at radius 2 is 1.88 bits per heavy atom. The van der Waals surface area contributed by atoms with Gasteiger partial charge in [-0.3, -0.25) is 9.69 Å². The molecule has 2 heterocycles. The van der Waals surface area contributed by atoms with Crippen LogP contribution < -0.4 is 14.5 Å². The minimum atomic E-state index is 0.0947. The Balaban J connectivity index is 1.53. The van der Waals surface area contributed by atoms with Gasteiger partial charge in [-0.05, 0) is 12.1 Å². The van der Waals surface area contributed by atoms with Crippen molar-refractivity contribution in [3.63, 3.8) is 0 Å². The van der Waals surface area contributed by atoms with Crippen LogP contribution in [0.5, 0.6) is 5.88 Å². The van der Waals surface area contributed by atoms with E-state index in [1.807, 2.05) is 37.4 Å². The number of carbonyl (C=O) groups is 1. The van der Waals surface area contributed by atoms with Crippen LogP contribution in [0.3, 0.4) is 0 Å². The lowest BCUT2D eigenvalue weighted by atomic mass is 10.2. The number of anilines is 2. The average molecular weight is 341 g/mol. The van der Waals surface area contributed by atoms with Gasteiger partial charge >= 0.3 is 0 Å². The zero-order valence-electron chi connectivity index (χ0n) is 14.6. The fourth-order valence-electron chi connectivity index (χ4n) is 2.80. The lowest BCUT2D eigenvalue weighted by Gasteiger charge is -2.35. The van der Waals surface area contributed by atoms with Crippen LogP contribution in [0, 0.1) is 0 Å².